The average Bonchev–Trinajstić information content (AvgIpc) is 2.66. The van der Waals surface area contributed by atoms with Crippen LogP contribution in [-0.2, 0) is 6.54 Å². The van der Waals surface area contributed by atoms with Crippen molar-refractivity contribution >= 4 is 17.0 Å². The Morgan fingerprint density at radius 2 is 2.00 bits per heavy atom. The highest BCUT2D eigenvalue weighted by atomic mass is 32.1. The molecule has 0 fully saturated rings. The second kappa shape index (κ2) is 4.66. The minimum absolute atomic E-state index is 0.798. The van der Waals surface area contributed by atoms with Crippen molar-refractivity contribution in [2.75, 3.05) is 5.32 Å². The summed E-state index contributed by atoms with van der Waals surface area (Å²) in [5.41, 5.74) is 4.92. The van der Waals surface area contributed by atoms with Gasteiger partial charge in [-0.1, -0.05) is 6.07 Å². The Bertz CT molecular complexity index is 488. The Morgan fingerprint density at radius 3 is 2.62 bits per heavy atom. The van der Waals surface area contributed by atoms with Gasteiger partial charge in [0.2, 0.25) is 0 Å². The molecule has 0 aliphatic rings. The van der Waals surface area contributed by atoms with Gasteiger partial charge in [0.15, 0.2) is 0 Å². The van der Waals surface area contributed by atoms with E-state index in [1.54, 1.807) is 11.3 Å². The predicted octanol–water partition coefficient (Wildman–Crippen LogP) is 3.68. The fourth-order valence-corrected chi connectivity index (χ4v) is 2.15. The molecule has 3 heteroatoms. The van der Waals surface area contributed by atoms with Crippen LogP contribution in [0, 0.1) is 20.8 Å². The standard InChI is InChI=1S/C13H16N2S/c1-9-4-5-12(6-10(9)2)14-7-13-8-16-11(3)15-13/h4-6,8,14H,7H2,1-3H3. The normalized spacial score (nSPS) is 10.4. The van der Waals surface area contributed by atoms with Gasteiger partial charge in [0, 0.05) is 11.1 Å². The van der Waals surface area contributed by atoms with E-state index in [4.69, 9.17) is 0 Å². The van der Waals surface area contributed by atoms with Gasteiger partial charge in [0.1, 0.15) is 0 Å². The molecule has 2 nitrogen and oxygen atoms in total. The first kappa shape index (κ1) is 11.1. The van der Waals surface area contributed by atoms with Crippen LogP contribution in [0.25, 0.3) is 0 Å². The molecule has 1 aromatic carbocycles. The van der Waals surface area contributed by atoms with Gasteiger partial charge in [0.05, 0.1) is 17.2 Å². The smallest absolute Gasteiger partial charge is 0.0898 e. The minimum Gasteiger partial charge on any atom is -0.379 e. The van der Waals surface area contributed by atoms with E-state index in [2.05, 4.69) is 47.7 Å². The molecule has 0 amide bonds. The summed E-state index contributed by atoms with van der Waals surface area (Å²) in [6, 6.07) is 6.43. The summed E-state index contributed by atoms with van der Waals surface area (Å²) in [5.74, 6) is 0. The molecule has 2 rings (SSSR count). The number of hydrogen-bond donors (Lipinski definition) is 1. The third-order valence-electron chi connectivity index (χ3n) is 2.65. The van der Waals surface area contributed by atoms with E-state index in [-0.39, 0.29) is 0 Å². The molecule has 0 unspecified atom stereocenters. The van der Waals surface area contributed by atoms with Gasteiger partial charge in [-0.25, -0.2) is 4.98 Å². The van der Waals surface area contributed by atoms with Crippen LogP contribution >= 0.6 is 11.3 Å². The number of benzene rings is 1. The topological polar surface area (TPSA) is 24.9 Å². The lowest BCUT2D eigenvalue weighted by Crippen LogP contribution is -2.00. The fraction of sp³-hybridized carbons (Fsp3) is 0.308. The number of aromatic nitrogens is 1. The number of anilines is 1. The van der Waals surface area contributed by atoms with Gasteiger partial charge in [-0.2, -0.15) is 0 Å². The van der Waals surface area contributed by atoms with Crippen LogP contribution < -0.4 is 5.32 Å². The predicted molar refractivity (Wildman–Crippen MR) is 70.1 cm³/mol. The van der Waals surface area contributed by atoms with Crippen LogP contribution in [0.15, 0.2) is 23.6 Å². The molecule has 0 aliphatic heterocycles. The maximum absolute atomic E-state index is 4.42. The highest BCUT2D eigenvalue weighted by Gasteiger charge is 1.99. The van der Waals surface area contributed by atoms with Crippen molar-refractivity contribution in [3.8, 4) is 0 Å². The van der Waals surface area contributed by atoms with Crippen molar-refractivity contribution in [2.45, 2.75) is 27.3 Å². The van der Waals surface area contributed by atoms with Crippen molar-refractivity contribution in [1.82, 2.24) is 4.98 Å². The molecular weight excluding hydrogens is 216 g/mol. The molecule has 0 bridgehead atoms. The van der Waals surface area contributed by atoms with E-state index in [0.29, 0.717) is 0 Å². The first-order valence-electron chi connectivity index (χ1n) is 5.37. The molecule has 0 atom stereocenters. The van der Waals surface area contributed by atoms with Gasteiger partial charge >= 0.3 is 0 Å². The van der Waals surface area contributed by atoms with E-state index in [1.807, 2.05) is 6.92 Å². The zero-order valence-corrected chi connectivity index (χ0v) is 10.7. The lowest BCUT2D eigenvalue weighted by Gasteiger charge is -2.07. The molecule has 1 aromatic heterocycles. The second-order valence-electron chi connectivity index (χ2n) is 4.01. The summed E-state index contributed by atoms with van der Waals surface area (Å²) in [5, 5.41) is 6.61. The molecule has 1 heterocycles. The van der Waals surface area contributed by atoms with E-state index in [1.165, 1.54) is 11.1 Å². The number of thiazole rings is 1. The Labute approximate surface area is 100 Å². The first-order valence-corrected chi connectivity index (χ1v) is 6.25. The molecule has 0 radical (unpaired) electrons. The van der Waals surface area contributed by atoms with Crippen molar-refractivity contribution < 1.29 is 0 Å². The number of nitrogens with one attached hydrogen (secondary N) is 1. The van der Waals surface area contributed by atoms with Crippen LogP contribution in [0.1, 0.15) is 21.8 Å². The van der Waals surface area contributed by atoms with Gasteiger partial charge in [-0.15, -0.1) is 11.3 Å². The van der Waals surface area contributed by atoms with Crippen molar-refractivity contribution in [2.24, 2.45) is 0 Å². The largest absolute Gasteiger partial charge is 0.379 e. The van der Waals surface area contributed by atoms with Crippen molar-refractivity contribution in [3.05, 3.63) is 45.4 Å². The maximum atomic E-state index is 4.42. The van der Waals surface area contributed by atoms with Crippen LogP contribution in [0.5, 0.6) is 0 Å². The Hall–Kier alpha value is -1.35. The average molecular weight is 232 g/mol. The number of aryl methyl sites for hydroxylation is 3. The molecule has 84 valence electrons. The number of nitrogens with zero attached hydrogens (tertiary/aromatic N) is 1. The maximum Gasteiger partial charge on any atom is 0.0898 e. The second-order valence-corrected chi connectivity index (χ2v) is 5.07. The zero-order chi connectivity index (χ0) is 11.5. The summed E-state index contributed by atoms with van der Waals surface area (Å²) in [6.07, 6.45) is 0. The quantitative estimate of drug-likeness (QED) is 0.873. The van der Waals surface area contributed by atoms with Crippen molar-refractivity contribution in [1.29, 1.82) is 0 Å². The van der Waals surface area contributed by atoms with Gasteiger partial charge in [0.25, 0.3) is 0 Å². The third-order valence-corrected chi connectivity index (χ3v) is 3.47. The number of rotatable bonds is 3. The van der Waals surface area contributed by atoms with E-state index < -0.39 is 0 Å². The monoisotopic (exact) mass is 232 g/mol. The van der Waals surface area contributed by atoms with Crippen LogP contribution in [0.4, 0.5) is 5.69 Å². The highest BCUT2D eigenvalue weighted by Crippen LogP contribution is 2.15. The number of hydrogen-bond acceptors (Lipinski definition) is 3. The molecule has 0 saturated heterocycles. The zero-order valence-electron chi connectivity index (χ0n) is 9.87. The van der Waals surface area contributed by atoms with E-state index in [9.17, 15) is 0 Å². The Morgan fingerprint density at radius 1 is 1.19 bits per heavy atom. The fourth-order valence-electron chi connectivity index (χ4n) is 1.53. The highest BCUT2D eigenvalue weighted by molar-refractivity contribution is 7.09. The van der Waals surface area contributed by atoms with Crippen molar-refractivity contribution in [3.63, 3.8) is 0 Å². The van der Waals surface area contributed by atoms with Gasteiger partial charge in [-0.05, 0) is 44.0 Å². The summed E-state index contributed by atoms with van der Waals surface area (Å²) in [6.45, 7) is 7.09. The lowest BCUT2D eigenvalue weighted by atomic mass is 10.1. The Balaban J connectivity index is 2.02. The summed E-state index contributed by atoms with van der Waals surface area (Å²) < 4.78 is 0. The van der Waals surface area contributed by atoms with Gasteiger partial charge < -0.3 is 5.32 Å². The van der Waals surface area contributed by atoms with Crippen LogP contribution in [-0.4, -0.2) is 4.98 Å². The Kier molecular flexibility index (Phi) is 3.25. The summed E-state index contributed by atoms with van der Waals surface area (Å²) in [4.78, 5) is 4.42. The molecule has 2 aromatic rings. The minimum atomic E-state index is 0.798. The van der Waals surface area contributed by atoms with Gasteiger partial charge in [-0.3, -0.25) is 0 Å². The molecule has 0 saturated carbocycles. The first-order chi connectivity index (χ1) is 7.65. The summed E-state index contributed by atoms with van der Waals surface area (Å²) in [7, 11) is 0. The van der Waals surface area contributed by atoms with E-state index in [0.717, 1.165) is 22.9 Å². The molecule has 0 aliphatic carbocycles. The summed E-state index contributed by atoms with van der Waals surface area (Å²) >= 11 is 1.69. The van der Waals surface area contributed by atoms with E-state index >= 15 is 0 Å². The molecule has 1 N–H and O–H groups in total. The lowest BCUT2D eigenvalue weighted by molar-refractivity contribution is 1.05. The van der Waals surface area contributed by atoms with Crippen LogP contribution in [0.3, 0.4) is 0 Å². The SMILES string of the molecule is Cc1nc(CNc2ccc(C)c(C)c2)cs1. The third kappa shape index (κ3) is 2.61. The molecular formula is C13H16N2S. The molecule has 16 heavy (non-hydrogen) atoms. The molecule has 0 spiro atoms. The van der Waals surface area contributed by atoms with Crippen LogP contribution in [0.2, 0.25) is 0 Å².